The van der Waals surface area contributed by atoms with Crippen LogP contribution in [0.4, 0.5) is 4.39 Å². The van der Waals surface area contributed by atoms with Crippen LogP contribution in [0.5, 0.6) is 0 Å². The first-order valence-corrected chi connectivity index (χ1v) is 6.90. The van der Waals surface area contributed by atoms with Crippen LogP contribution in [0.25, 0.3) is 0 Å². The summed E-state index contributed by atoms with van der Waals surface area (Å²) < 4.78 is 13.0. The van der Waals surface area contributed by atoms with Gasteiger partial charge in [0.2, 0.25) is 0 Å². The van der Waals surface area contributed by atoms with E-state index in [9.17, 15) is 9.50 Å². The van der Waals surface area contributed by atoms with Crippen molar-refractivity contribution in [2.45, 2.75) is 44.2 Å². The molecule has 2 nitrogen and oxygen atoms in total. The Hall–Kier alpha value is -0.640. The predicted octanol–water partition coefficient (Wildman–Crippen LogP) is 3.43. The van der Waals surface area contributed by atoms with Crippen molar-refractivity contribution < 1.29 is 9.50 Å². The minimum absolute atomic E-state index is 0.0259. The zero-order chi connectivity index (χ0) is 13.0. The summed E-state index contributed by atoms with van der Waals surface area (Å²) in [4.78, 5) is 0. The van der Waals surface area contributed by atoms with Crippen LogP contribution in [0.15, 0.2) is 18.2 Å². The lowest BCUT2D eigenvalue weighted by Crippen LogP contribution is -2.36. The van der Waals surface area contributed by atoms with E-state index in [1.165, 1.54) is 31.4 Å². The van der Waals surface area contributed by atoms with Gasteiger partial charge in [0.25, 0.3) is 0 Å². The standard InChI is InChI=1S/C14H19ClFNO/c15-13-8-10(16)6-7-12(13)14(9-18)17-11-4-2-1-3-5-11/h6-8,11,14,17-18H,1-5,9H2. The molecule has 1 atom stereocenters. The van der Waals surface area contributed by atoms with Crippen molar-refractivity contribution >= 4 is 11.6 Å². The molecular weight excluding hydrogens is 253 g/mol. The molecule has 100 valence electrons. The lowest BCUT2D eigenvalue weighted by Gasteiger charge is -2.28. The maximum atomic E-state index is 13.0. The Morgan fingerprint density at radius 3 is 2.67 bits per heavy atom. The van der Waals surface area contributed by atoms with E-state index in [-0.39, 0.29) is 18.5 Å². The summed E-state index contributed by atoms with van der Waals surface area (Å²) in [5.74, 6) is -0.349. The number of halogens is 2. The van der Waals surface area contributed by atoms with Crippen molar-refractivity contribution in [1.82, 2.24) is 5.32 Å². The highest BCUT2D eigenvalue weighted by molar-refractivity contribution is 6.31. The smallest absolute Gasteiger partial charge is 0.124 e. The van der Waals surface area contributed by atoms with Gasteiger partial charge in [-0.3, -0.25) is 0 Å². The van der Waals surface area contributed by atoms with Gasteiger partial charge in [-0.1, -0.05) is 36.9 Å². The largest absolute Gasteiger partial charge is 0.394 e. The van der Waals surface area contributed by atoms with E-state index in [0.29, 0.717) is 11.1 Å². The molecule has 0 spiro atoms. The van der Waals surface area contributed by atoms with Crippen LogP contribution in [-0.4, -0.2) is 17.8 Å². The molecule has 0 heterocycles. The van der Waals surface area contributed by atoms with Gasteiger partial charge in [0, 0.05) is 11.1 Å². The number of benzene rings is 1. The Balaban J connectivity index is 2.07. The Bertz CT molecular complexity index is 393. The fourth-order valence-electron chi connectivity index (χ4n) is 2.58. The molecule has 1 aromatic rings. The molecule has 2 rings (SSSR count). The highest BCUT2D eigenvalue weighted by Crippen LogP contribution is 2.26. The molecule has 1 unspecified atom stereocenters. The van der Waals surface area contributed by atoms with Crippen LogP contribution in [-0.2, 0) is 0 Å². The number of rotatable bonds is 4. The average Bonchev–Trinajstić information content (AvgIpc) is 2.38. The van der Waals surface area contributed by atoms with Crippen molar-refractivity contribution in [1.29, 1.82) is 0 Å². The van der Waals surface area contributed by atoms with E-state index >= 15 is 0 Å². The van der Waals surface area contributed by atoms with Gasteiger partial charge in [-0.2, -0.15) is 0 Å². The summed E-state index contributed by atoms with van der Waals surface area (Å²) in [6.07, 6.45) is 6.02. The molecule has 1 aliphatic rings. The summed E-state index contributed by atoms with van der Waals surface area (Å²) in [6, 6.07) is 4.54. The van der Waals surface area contributed by atoms with Crippen LogP contribution in [0.2, 0.25) is 5.02 Å². The monoisotopic (exact) mass is 271 g/mol. The summed E-state index contributed by atoms with van der Waals surface area (Å²) >= 11 is 6.03. The molecule has 1 fully saturated rings. The second kappa shape index (κ2) is 6.50. The van der Waals surface area contributed by atoms with E-state index in [1.807, 2.05) is 0 Å². The molecule has 0 aromatic heterocycles. The highest BCUT2D eigenvalue weighted by Gasteiger charge is 2.20. The number of nitrogens with one attached hydrogen (secondary N) is 1. The van der Waals surface area contributed by atoms with Gasteiger partial charge in [-0.05, 0) is 30.5 Å². The van der Waals surface area contributed by atoms with Crippen molar-refractivity contribution in [3.8, 4) is 0 Å². The molecule has 0 aliphatic heterocycles. The first kappa shape index (κ1) is 13.8. The third-order valence-corrected chi connectivity index (χ3v) is 3.89. The molecule has 4 heteroatoms. The van der Waals surface area contributed by atoms with Crippen molar-refractivity contribution in [3.63, 3.8) is 0 Å². The lowest BCUT2D eigenvalue weighted by atomic mass is 9.94. The topological polar surface area (TPSA) is 32.3 Å². The second-order valence-corrected chi connectivity index (χ2v) is 5.31. The zero-order valence-corrected chi connectivity index (χ0v) is 11.1. The second-order valence-electron chi connectivity index (χ2n) is 4.90. The minimum atomic E-state index is -0.349. The first-order chi connectivity index (χ1) is 8.70. The number of hydrogen-bond acceptors (Lipinski definition) is 2. The summed E-state index contributed by atoms with van der Waals surface area (Å²) in [5, 5.41) is 13.3. The van der Waals surface area contributed by atoms with E-state index in [2.05, 4.69) is 5.32 Å². The van der Waals surface area contributed by atoms with E-state index in [4.69, 9.17) is 11.6 Å². The summed E-state index contributed by atoms with van der Waals surface area (Å²) in [7, 11) is 0. The van der Waals surface area contributed by atoms with Crippen LogP contribution in [0, 0.1) is 5.82 Å². The zero-order valence-electron chi connectivity index (χ0n) is 10.3. The minimum Gasteiger partial charge on any atom is -0.394 e. The molecule has 1 saturated carbocycles. The quantitative estimate of drug-likeness (QED) is 0.879. The number of aliphatic hydroxyl groups is 1. The summed E-state index contributed by atoms with van der Waals surface area (Å²) in [5.41, 5.74) is 0.770. The Morgan fingerprint density at radius 2 is 2.06 bits per heavy atom. The normalized spacial score (nSPS) is 18.8. The van der Waals surface area contributed by atoms with Crippen LogP contribution >= 0.6 is 11.6 Å². The summed E-state index contributed by atoms with van der Waals surface area (Å²) in [6.45, 7) is -0.0259. The Morgan fingerprint density at radius 1 is 1.33 bits per heavy atom. The highest BCUT2D eigenvalue weighted by atomic mass is 35.5. The maximum absolute atomic E-state index is 13.0. The molecule has 0 bridgehead atoms. The molecule has 0 radical (unpaired) electrons. The van der Waals surface area contributed by atoms with Crippen LogP contribution in [0.3, 0.4) is 0 Å². The van der Waals surface area contributed by atoms with Crippen LogP contribution < -0.4 is 5.32 Å². The first-order valence-electron chi connectivity index (χ1n) is 6.52. The van der Waals surface area contributed by atoms with E-state index in [0.717, 1.165) is 18.4 Å². The SMILES string of the molecule is OCC(NC1CCCCC1)c1ccc(F)cc1Cl. The third kappa shape index (κ3) is 3.44. The molecular formula is C14H19ClFNO. The molecule has 0 amide bonds. The van der Waals surface area contributed by atoms with Crippen molar-refractivity contribution in [3.05, 3.63) is 34.6 Å². The molecule has 18 heavy (non-hydrogen) atoms. The van der Waals surface area contributed by atoms with Gasteiger partial charge in [-0.15, -0.1) is 0 Å². The number of hydrogen-bond donors (Lipinski definition) is 2. The van der Waals surface area contributed by atoms with Crippen molar-refractivity contribution in [2.75, 3.05) is 6.61 Å². The predicted molar refractivity (Wildman–Crippen MR) is 71.2 cm³/mol. The van der Waals surface area contributed by atoms with Gasteiger partial charge >= 0.3 is 0 Å². The van der Waals surface area contributed by atoms with Crippen LogP contribution in [0.1, 0.15) is 43.7 Å². The number of aliphatic hydroxyl groups excluding tert-OH is 1. The van der Waals surface area contributed by atoms with Gasteiger partial charge in [0.05, 0.1) is 12.6 Å². The van der Waals surface area contributed by atoms with Gasteiger partial charge in [0.1, 0.15) is 5.82 Å². The van der Waals surface area contributed by atoms with E-state index in [1.54, 1.807) is 6.07 Å². The fraction of sp³-hybridized carbons (Fsp3) is 0.571. The van der Waals surface area contributed by atoms with Gasteiger partial charge in [0.15, 0.2) is 0 Å². The molecule has 2 N–H and O–H groups in total. The van der Waals surface area contributed by atoms with Gasteiger partial charge in [-0.25, -0.2) is 4.39 Å². The Kier molecular flexibility index (Phi) is 4.98. The third-order valence-electron chi connectivity index (χ3n) is 3.56. The van der Waals surface area contributed by atoms with E-state index < -0.39 is 0 Å². The van der Waals surface area contributed by atoms with Crippen molar-refractivity contribution in [2.24, 2.45) is 0 Å². The average molecular weight is 272 g/mol. The molecule has 1 aromatic carbocycles. The maximum Gasteiger partial charge on any atom is 0.124 e. The molecule has 1 aliphatic carbocycles. The fourth-order valence-corrected chi connectivity index (χ4v) is 2.88. The molecule has 0 saturated heterocycles. The lowest BCUT2D eigenvalue weighted by molar-refractivity contribution is 0.220. The Labute approximate surface area is 112 Å². The van der Waals surface area contributed by atoms with Gasteiger partial charge < -0.3 is 10.4 Å².